The largest absolute Gasteiger partial charge is 0.102 e. The third-order valence-electron chi connectivity index (χ3n) is 6.37. The van der Waals surface area contributed by atoms with Crippen LogP contribution in [0, 0.1) is 18.8 Å². The minimum Gasteiger partial charge on any atom is -0.0620 e. The standard InChI is InChI=1S/2C18H15P.4ClH.2Pt/c2*1-4-10-16(11-5-1)19(17-12-6-2-7-13-17)18-14-8-3-9-15-18;;;;;;/h2*1-15H;4*1H;;/q;;;;;;+1;+3. The molecule has 0 N–H and O–H groups in total. The van der Waals surface area contributed by atoms with Gasteiger partial charge in [-0.05, 0) is 72.8 Å². The number of hydrogen-bond acceptors (Lipinski definition) is 0. The number of rotatable bonds is 6. The van der Waals surface area contributed by atoms with Gasteiger partial charge in [0.1, 0.15) is 31.8 Å². The minimum atomic E-state index is -1.63. The Balaban J connectivity index is 0.000000205. The third kappa shape index (κ3) is 12.8. The van der Waals surface area contributed by atoms with Crippen molar-refractivity contribution in [1.29, 1.82) is 0 Å². The van der Waals surface area contributed by atoms with Crippen LogP contribution in [0.1, 0.15) is 0 Å². The van der Waals surface area contributed by atoms with Crippen LogP contribution in [0.25, 0.3) is 0 Å². The molecule has 0 fully saturated rings. The maximum Gasteiger partial charge on any atom is 0.102 e. The van der Waals surface area contributed by atoms with Crippen LogP contribution in [-0.2, 0) is 33.0 Å². The van der Waals surface area contributed by atoms with E-state index in [9.17, 15) is 0 Å². The van der Waals surface area contributed by atoms with E-state index in [1.165, 1.54) is 31.8 Å². The summed E-state index contributed by atoms with van der Waals surface area (Å²) in [7, 11) is 16.6. The molecule has 0 atom stereocenters. The smallest absolute Gasteiger partial charge is 0.0620 e. The van der Waals surface area contributed by atoms with Gasteiger partial charge in [0, 0.05) is 0 Å². The van der Waals surface area contributed by atoms with Crippen molar-refractivity contribution in [2.75, 3.05) is 0 Å². The molecule has 44 heavy (non-hydrogen) atoms. The second-order valence-electron chi connectivity index (χ2n) is 9.10. The summed E-state index contributed by atoms with van der Waals surface area (Å²) >= 11 is -0.0185. The molecule has 0 bridgehead atoms. The van der Waals surface area contributed by atoms with E-state index in [4.69, 9.17) is 9.42 Å². The van der Waals surface area contributed by atoms with Crippen molar-refractivity contribution < 1.29 is 51.8 Å². The molecule has 0 heterocycles. The first-order valence-corrected chi connectivity index (χ1v) is 28.2. The zero-order valence-electron chi connectivity index (χ0n) is 23.5. The summed E-state index contributed by atoms with van der Waals surface area (Å²) in [6, 6.07) is 65.0. The topological polar surface area (TPSA) is 0 Å². The van der Waals surface area contributed by atoms with Crippen molar-refractivity contribution >= 4 is 66.5 Å². The Bertz CT molecular complexity index is 1240. The zero-order valence-corrected chi connectivity index (χ0v) is 33.2. The van der Waals surface area contributed by atoms with Gasteiger partial charge in [0.15, 0.2) is 0 Å². The molecule has 6 aromatic rings. The summed E-state index contributed by atoms with van der Waals surface area (Å²) in [5, 5.41) is 8.61. The molecular weight excluding hydrogens is 1030 g/mol. The molecule has 8 heteroatoms. The van der Waals surface area contributed by atoms with E-state index in [2.05, 4.69) is 210 Å². The molecule has 6 rings (SSSR count). The van der Waals surface area contributed by atoms with Crippen molar-refractivity contribution in [3.8, 4) is 0 Å². The molecule has 0 aliphatic carbocycles. The van der Waals surface area contributed by atoms with Crippen molar-refractivity contribution in [3.63, 3.8) is 0 Å². The summed E-state index contributed by atoms with van der Waals surface area (Å²) < 4.78 is 0. The van der Waals surface area contributed by atoms with Gasteiger partial charge < -0.3 is 0 Å². The average Bonchev–Trinajstić information content (AvgIpc) is 3.09. The monoisotopic (exact) mass is 1060 g/mol. The maximum atomic E-state index is 5.06. The fourth-order valence-electron chi connectivity index (χ4n) is 4.63. The van der Waals surface area contributed by atoms with Crippen LogP contribution in [0.4, 0.5) is 0 Å². The fraction of sp³-hybridized carbons (Fsp3) is 0. The van der Waals surface area contributed by atoms with Gasteiger partial charge in [-0.15, -0.1) is 0 Å². The average molecular weight is 1060 g/mol. The SMILES string of the molecule is [Cl][Pt].[Cl][Pt]([ClH+])[ClH+].c1ccc([PH+](c2ccccc2)c2ccccc2)cc1.c1ccc([PH+](c2ccccc2)c2ccccc2)cc1. The quantitative estimate of drug-likeness (QED) is 0.155. The first kappa shape index (κ1) is 37.2. The summed E-state index contributed by atoms with van der Waals surface area (Å²) in [4.78, 5) is 0. The van der Waals surface area contributed by atoms with Crippen molar-refractivity contribution in [3.05, 3.63) is 182 Å². The Labute approximate surface area is 297 Å². The van der Waals surface area contributed by atoms with Crippen LogP contribution in [0.2, 0.25) is 0 Å². The van der Waals surface area contributed by atoms with Crippen LogP contribution >= 0.6 is 34.7 Å². The van der Waals surface area contributed by atoms with Gasteiger partial charge in [-0.1, -0.05) is 109 Å². The van der Waals surface area contributed by atoms with Gasteiger partial charge in [0.25, 0.3) is 0 Å². The molecule has 0 amide bonds. The number of benzene rings is 6. The zero-order chi connectivity index (χ0) is 31.4. The summed E-state index contributed by atoms with van der Waals surface area (Å²) in [6.45, 7) is 0. The van der Waals surface area contributed by atoms with E-state index in [-0.39, 0.29) is 0 Å². The van der Waals surface area contributed by atoms with E-state index in [0.29, 0.717) is 0 Å². The van der Waals surface area contributed by atoms with Crippen molar-refractivity contribution in [2.45, 2.75) is 0 Å². The summed E-state index contributed by atoms with van der Waals surface area (Å²) in [5.74, 6) is 0. The molecule has 0 aliphatic heterocycles. The summed E-state index contributed by atoms with van der Waals surface area (Å²) in [5.41, 5.74) is 0. The van der Waals surface area contributed by atoms with Gasteiger partial charge >= 0.3 is 70.6 Å². The Morgan fingerprint density at radius 1 is 0.341 bits per heavy atom. The van der Waals surface area contributed by atoms with Crippen LogP contribution in [0.15, 0.2) is 182 Å². The second-order valence-corrected chi connectivity index (χ2v) is 25.0. The predicted molar refractivity (Wildman–Crippen MR) is 188 cm³/mol. The molecule has 0 radical (unpaired) electrons. The molecule has 232 valence electrons. The van der Waals surface area contributed by atoms with Crippen molar-refractivity contribution in [1.82, 2.24) is 0 Å². The van der Waals surface area contributed by atoms with Gasteiger partial charge in [0.05, 0.1) is 15.8 Å². The Kier molecular flexibility index (Phi) is 18.8. The molecular formula is C36H34Cl4P2Pt2+4. The molecule has 6 aromatic carbocycles. The van der Waals surface area contributed by atoms with E-state index in [1.54, 1.807) is 18.8 Å². The third-order valence-corrected chi connectivity index (χ3v) is 11.8. The van der Waals surface area contributed by atoms with Crippen LogP contribution < -0.4 is 31.8 Å². The minimum absolute atomic E-state index is 0.877. The Morgan fingerprint density at radius 3 is 0.568 bits per heavy atom. The fourth-order valence-corrected chi connectivity index (χ4v) is 9.78. The normalized spacial score (nSPS) is 10.3. The van der Waals surface area contributed by atoms with Crippen molar-refractivity contribution in [2.24, 2.45) is 0 Å². The Morgan fingerprint density at radius 2 is 0.455 bits per heavy atom. The van der Waals surface area contributed by atoms with E-state index in [0.717, 1.165) is 0 Å². The maximum absolute atomic E-state index is 5.06. The molecule has 0 aliphatic rings. The molecule has 0 aromatic heterocycles. The predicted octanol–water partition coefficient (Wildman–Crippen LogP) is 7.19. The van der Waals surface area contributed by atoms with Crippen LogP contribution in [0.3, 0.4) is 0 Å². The molecule has 0 saturated carbocycles. The first-order chi connectivity index (χ1) is 21.6. The first-order valence-electron chi connectivity index (χ1n) is 13.5. The molecule has 0 nitrogen and oxygen atoms in total. The number of hydrogen-bond donors (Lipinski definition) is 0. The summed E-state index contributed by atoms with van der Waals surface area (Å²) in [6.07, 6.45) is 0. The molecule has 0 saturated heterocycles. The van der Waals surface area contributed by atoms with Crippen LogP contribution in [-0.4, -0.2) is 0 Å². The van der Waals surface area contributed by atoms with Gasteiger partial charge in [-0.25, -0.2) is 0 Å². The second kappa shape index (κ2) is 22.3. The van der Waals surface area contributed by atoms with E-state index in [1.807, 2.05) is 0 Å². The Hall–Kier alpha value is -1.28. The van der Waals surface area contributed by atoms with Crippen LogP contribution in [0.5, 0.6) is 0 Å². The molecule has 0 spiro atoms. The van der Waals surface area contributed by atoms with E-state index >= 15 is 0 Å². The van der Waals surface area contributed by atoms with Gasteiger partial charge in [0.2, 0.25) is 0 Å². The van der Waals surface area contributed by atoms with E-state index < -0.39 is 30.0 Å². The molecule has 0 unspecified atom stereocenters. The van der Waals surface area contributed by atoms with Gasteiger partial charge in [-0.2, -0.15) is 0 Å². The van der Waals surface area contributed by atoms with Gasteiger partial charge in [-0.3, -0.25) is 0 Å². The number of halogens is 4.